The summed E-state index contributed by atoms with van der Waals surface area (Å²) in [5.41, 5.74) is -0.482. The summed E-state index contributed by atoms with van der Waals surface area (Å²) in [6.45, 7) is 7.47. The van der Waals surface area contributed by atoms with Crippen LogP contribution in [0.2, 0.25) is 0 Å². The molecule has 0 bridgehead atoms. The van der Waals surface area contributed by atoms with Gasteiger partial charge in [-0.05, 0) is 44.9 Å². The maximum Gasteiger partial charge on any atom is 0.310 e. The SMILES string of the molecule is CCC1CCC(C)N1CC1(C(=O)O)CCCC(C)C1. The summed E-state index contributed by atoms with van der Waals surface area (Å²) in [4.78, 5) is 14.4. The topological polar surface area (TPSA) is 40.5 Å². The van der Waals surface area contributed by atoms with E-state index in [1.807, 2.05) is 0 Å². The lowest BCUT2D eigenvalue weighted by molar-refractivity contribution is -0.154. The molecule has 0 radical (unpaired) electrons. The van der Waals surface area contributed by atoms with Crippen LogP contribution in [0.4, 0.5) is 0 Å². The number of carbonyl (C=O) groups is 1. The molecule has 2 aliphatic rings. The molecule has 1 N–H and O–H groups in total. The Morgan fingerprint density at radius 1 is 1.32 bits per heavy atom. The molecule has 1 aliphatic heterocycles. The molecular formula is C16H29NO2. The summed E-state index contributed by atoms with van der Waals surface area (Å²) in [6.07, 6.45) is 7.62. The first-order chi connectivity index (χ1) is 8.98. The minimum atomic E-state index is -0.562. The van der Waals surface area contributed by atoms with Gasteiger partial charge in [0.25, 0.3) is 0 Å². The van der Waals surface area contributed by atoms with Gasteiger partial charge >= 0.3 is 5.97 Å². The Balaban J connectivity index is 2.14. The van der Waals surface area contributed by atoms with Crippen molar-refractivity contribution >= 4 is 5.97 Å². The Labute approximate surface area is 117 Å². The van der Waals surface area contributed by atoms with E-state index in [-0.39, 0.29) is 0 Å². The van der Waals surface area contributed by atoms with E-state index < -0.39 is 11.4 Å². The summed E-state index contributed by atoms with van der Waals surface area (Å²) < 4.78 is 0. The van der Waals surface area contributed by atoms with E-state index in [4.69, 9.17) is 0 Å². The molecule has 1 aliphatic carbocycles. The molecule has 110 valence electrons. The van der Waals surface area contributed by atoms with Crippen LogP contribution in [0.25, 0.3) is 0 Å². The van der Waals surface area contributed by atoms with Gasteiger partial charge in [-0.3, -0.25) is 9.69 Å². The zero-order valence-electron chi connectivity index (χ0n) is 12.7. The van der Waals surface area contributed by atoms with E-state index >= 15 is 0 Å². The van der Waals surface area contributed by atoms with Gasteiger partial charge < -0.3 is 5.11 Å². The monoisotopic (exact) mass is 267 g/mol. The van der Waals surface area contributed by atoms with Crippen LogP contribution in [0.5, 0.6) is 0 Å². The predicted molar refractivity (Wildman–Crippen MR) is 77.2 cm³/mol. The van der Waals surface area contributed by atoms with Gasteiger partial charge in [-0.2, -0.15) is 0 Å². The maximum atomic E-state index is 11.9. The largest absolute Gasteiger partial charge is 0.481 e. The van der Waals surface area contributed by atoms with Crippen LogP contribution in [-0.2, 0) is 4.79 Å². The summed E-state index contributed by atoms with van der Waals surface area (Å²) >= 11 is 0. The van der Waals surface area contributed by atoms with Gasteiger partial charge in [0.2, 0.25) is 0 Å². The summed E-state index contributed by atoms with van der Waals surface area (Å²) in [5.74, 6) is -0.00385. The highest BCUT2D eigenvalue weighted by Crippen LogP contribution is 2.42. The molecule has 0 aromatic carbocycles. The van der Waals surface area contributed by atoms with Crippen molar-refractivity contribution in [1.82, 2.24) is 4.90 Å². The Bertz CT molecular complexity index is 331. The molecular weight excluding hydrogens is 238 g/mol. The fraction of sp³-hybridized carbons (Fsp3) is 0.938. The maximum absolute atomic E-state index is 11.9. The third kappa shape index (κ3) is 2.96. The second-order valence-electron chi connectivity index (χ2n) is 6.95. The Kier molecular flexibility index (Phi) is 4.54. The molecule has 2 fully saturated rings. The second kappa shape index (κ2) is 5.82. The van der Waals surface area contributed by atoms with E-state index in [9.17, 15) is 9.90 Å². The zero-order valence-corrected chi connectivity index (χ0v) is 12.7. The van der Waals surface area contributed by atoms with Gasteiger partial charge in [0, 0.05) is 18.6 Å². The Morgan fingerprint density at radius 3 is 2.63 bits per heavy atom. The fourth-order valence-electron chi connectivity index (χ4n) is 4.26. The van der Waals surface area contributed by atoms with Crippen molar-refractivity contribution in [2.45, 2.75) is 77.8 Å². The lowest BCUT2D eigenvalue weighted by atomic mass is 9.69. The van der Waals surface area contributed by atoms with Crippen LogP contribution in [0.1, 0.15) is 65.7 Å². The van der Waals surface area contributed by atoms with Gasteiger partial charge in [-0.25, -0.2) is 0 Å². The second-order valence-corrected chi connectivity index (χ2v) is 6.95. The van der Waals surface area contributed by atoms with Crippen LogP contribution in [-0.4, -0.2) is 34.6 Å². The molecule has 2 rings (SSSR count). The molecule has 3 heteroatoms. The quantitative estimate of drug-likeness (QED) is 0.847. The molecule has 1 heterocycles. The Hall–Kier alpha value is -0.570. The molecule has 1 saturated heterocycles. The van der Waals surface area contributed by atoms with Gasteiger partial charge in [0.15, 0.2) is 0 Å². The van der Waals surface area contributed by atoms with Crippen molar-refractivity contribution in [3.63, 3.8) is 0 Å². The predicted octanol–water partition coefficient (Wildman–Crippen LogP) is 3.53. The number of nitrogens with zero attached hydrogens (tertiary/aromatic N) is 1. The summed E-state index contributed by atoms with van der Waals surface area (Å²) in [7, 11) is 0. The third-order valence-corrected chi connectivity index (χ3v) is 5.45. The normalized spacial score (nSPS) is 40.5. The minimum Gasteiger partial charge on any atom is -0.481 e. The first kappa shape index (κ1) is 14.8. The smallest absolute Gasteiger partial charge is 0.310 e. The molecule has 4 atom stereocenters. The molecule has 0 aromatic heterocycles. The van der Waals surface area contributed by atoms with E-state index in [0.29, 0.717) is 18.0 Å². The highest BCUT2D eigenvalue weighted by atomic mass is 16.4. The van der Waals surface area contributed by atoms with Crippen molar-refractivity contribution in [3.05, 3.63) is 0 Å². The van der Waals surface area contributed by atoms with Crippen molar-refractivity contribution in [1.29, 1.82) is 0 Å². The number of rotatable bonds is 4. The van der Waals surface area contributed by atoms with Crippen LogP contribution in [0.3, 0.4) is 0 Å². The van der Waals surface area contributed by atoms with E-state index in [0.717, 1.165) is 32.2 Å². The van der Waals surface area contributed by atoms with Crippen molar-refractivity contribution in [2.75, 3.05) is 6.54 Å². The third-order valence-electron chi connectivity index (χ3n) is 5.45. The molecule has 19 heavy (non-hydrogen) atoms. The van der Waals surface area contributed by atoms with Crippen molar-refractivity contribution < 1.29 is 9.90 Å². The van der Waals surface area contributed by atoms with Gasteiger partial charge in [0.05, 0.1) is 5.41 Å². The van der Waals surface area contributed by atoms with Crippen molar-refractivity contribution in [2.24, 2.45) is 11.3 Å². The number of likely N-dealkylation sites (tertiary alicyclic amines) is 1. The molecule has 1 saturated carbocycles. The van der Waals surface area contributed by atoms with E-state index in [1.165, 1.54) is 19.3 Å². The van der Waals surface area contributed by atoms with Crippen molar-refractivity contribution in [3.8, 4) is 0 Å². The Morgan fingerprint density at radius 2 is 2.05 bits per heavy atom. The molecule has 0 aromatic rings. The lowest BCUT2D eigenvalue weighted by Gasteiger charge is -2.42. The highest BCUT2D eigenvalue weighted by Gasteiger charge is 2.45. The lowest BCUT2D eigenvalue weighted by Crippen LogP contribution is -2.49. The van der Waals surface area contributed by atoms with Crippen LogP contribution < -0.4 is 0 Å². The molecule has 0 spiro atoms. The average Bonchev–Trinajstić information content (AvgIpc) is 2.70. The number of hydrogen-bond acceptors (Lipinski definition) is 2. The molecule has 3 nitrogen and oxygen atoms in total. The van der Waals surface area contributed by atoms with E-state index in [2.05, 4.69) is 25.7 Å². The number of hydrogen-bond donors (Lipinski definition) is 1. The summed E-state index contributed by atoms with van der Waals surface area (Å²) in [6, 6.07) is 1.15. The number of aliphatic carboxylic acids is 1. The fourth-order valence-corrected chi connectivity index (χ4v) is 4.26. The molecule has 4 unspecified atom stereocenters. The first-order valence-electron chi connectivity index (χ1n) is 7.97. The first-order valence-corrected chi connectivity index (χ1v) is 7.97. The van der Waals surface area contributed by atoms with Gasteiger partial charge in [-0.1, -0.05) is 26.7 Å². The van der Waals surface area contributed by atoms with Gasteiger partial charge in [-0.15, -0.1) is 0 Å². The van der Waals surface area contributed by atoms with Crippen LogP contribution >= 0.6 is 0 Å². The van der Waals surface area contributed by atoms with E-state index in [1.54, 1.807) is 0 Å². The number of carboxylic acid groups (broad SMARTS) is 1. The highest BCUT2D eigenvalue weighted by molar-refractivity contribution is 5.75. The van der Waals surface area contributed by atoms with Crippen LogP contribution in [0, 0.1) is 11.3 Å². The summed E-state index contributed by atoms with van der Waals surface area (Å²) in [5, 5.41) is 9.79. The molecule has 0 amide bonds. The average molecular weight is 267 g/mol. The zero-order chi connectivity index (χ0) is 14.0. The number of carboxylic acids is 1. The van der Waals surface area contributed by atoms with Crippen LogP contribution in [0.15, 0.2) is 0 Å². The standard InChI is InChI=1S/C16H29NO2/c1-4-14-8-7-13(3)17(14)11-16(15(18)19)9-5-6-12(2)10-16/h12-14H,4-11H2,1-3H3,(H,18,19). The minimum absolute atomic E-state index is 0.482. The van der Waals surface area contributed by atoms with Gasteiger partial charge in [0.1, 0.15) is 0 Å².